The Morgan fingerprint density at radius 3 is 2.10 bits per heavy atom. The molecule has 1 aromatic carbocycles. The first-order valence-electron chi connectivity index (χ1n) is 13.0. The maximum Gasteiger partial charge on any atom is 0.320 e. The second kappa shape index (κ2) is 16.2. The van der Waals surface area contributed by atoms with Crippen molar-refractivity contribution < 1.29 is 38.3 Å². The van der Waals surface area contributed by atoms with Crippen LogP contribution in [0.2, 0.25) is 0 Å². The molecule has 1 aromatic rings. The van der Waals surface area contributed by atoms with Gasteiger partial charge < -0.3 is 37.5 Å². The van der Waals surface area contributed by atoms with E-state index in [2.05, 4.69) is 21.3 Å². The van der Waals surface area contributed by atoms with Crippen LogP contribution in [-0.4, -0.2) is 77.4 Å². The largest absolute Gasteiger partial charge is 0.458 e. The van der Waals surface area contributed by atoms with Crippen molar-refractivity contribution in [3.8, 4) is 0 Å². The van der Waals surface area contributed by atoms with E-state index in [0.29, 0.717) is 16.2 Å². The summed E-state index contributed by atoms with van der Waals surface area (Å²) in [5.74, 6) is -3.93. The zero-order valence-electron chi connectivity index (χ0n) is 23.3. The zero-order valence-corrected chi connectivity index (χ0v) is 24.4. The average Bonchev–Trinajstić information content (AvgIpc) is 3.25. The number of nitrogens with one attached hydrogen (secondary N) is 4. The van der Waals surface area contributed by atoms with Crippen LogP contribution in [0.1, 0.15) is 32.3 Å². The van der Waals surface area contributed by atoms with E-state index in [1.54, 1.807) is 38.1 Å². The van der Waals surface area contributed by atoms with Gasteiger partial charge in [0.25, 0.3) is 11.8 Å². The van der Waals surface area contributed by atoms with Gasteiger partial charge in [0.15, 0.2) is 0 Å². The van der Waals surface area contributed by atoms with Gasteiger partial charge in [0, 0.05) is 30.9 Å². The lowest BCUT2D eigenvalue weighted by atomic mass is 10.0. The summed E-state index contributed by atoms with van der Waals surface area (Å²) in [4.78, 5) is 86.4. The molecule has 0 bridgehead atoms. The number of carbonyl (C=O) groups is 7. The van der Waals surface area contributed by atoms with Crippen molar-refractivity contribution >= 4 is 56.2 Å². The van der Waals surface area contributed by atoms with Crippen LogP contribution < -0.4 is 32.7 Å². The van der Waals surface area contributed by atoms with Gasteiger partial charge in [-0.25, -0.2) is 9.59 Å². The Morgan fingerprint density at radius 2 is 1.57 bits per heavy atom. The molecule has 16 heteroatoms. The Kier molecular flexibility index (Phi) is 13.0. The molecule has 1 aliphatic rings. The number of primary amides is 1. The molecule has 0 saturated heterocycles. The molecule has 2 rings (SSSR count). The van der Waals surface area contributed by atoms with Gasteiger partial charge in [-0.05, 0) is 45.7 Å². The second-order valence-electron chi connectivity index (χ2n) is 9.65. The van der Waals surface area contributed by atoms with E-state index in [4.69, 9.17) is 16.2 Å². The molecular weight excluding hydrogens is 569 g/mol. The van der Waals surface area contributed by atoms with Crippen molar-refractivity contribution in [3.63, 3.8) is 0 Å². The normalized spacial score (nSPS) is 14.6. The number of rotatable bonds is 15. The average molecular weight is 606 g/mol. The van der Waals surface area contributed by atoms with Crippen LogP contribution in [0.5, 0.6) is 0 Å². The highest BCUT2D eigenvalue weighted by atomic mass is 31.0. The molecule has 42 heavy (non-hydrogen) atoms. The maximum atomic E-state index is 13.3. The number of urea groups is 1. The Balaban J connectivity index is 2.15. The quantitative estimate of drug-likeness (QED) is 0.0855. The molecule has 8 N–H and O–H groups in total. The third kappa shape index (κ3) is 10.2. The minimum Gasteiger partial charge on any atom is -0.458 e. The Hall–Kier alpha value is -4.36. The molecule has 15 nitrogen and oxygen atoms in total. The highest BCUT2D eigenvalue weighted by Gasteiger charge is 2.37. The van der Waals surface area contributed by atoms with Crippen LogP contribution in [-0.2, 0) is 35.3 Å². The number of nitrogens with two attached hydrogens (primary N) is 2. The fourth-order valence-electron chi connectivity index (χ4n) is 3.95. The van der Waals surface area contributed by atoms with Crippen LogP contribution in [0, 0.1) is 5.92 Å². The molecular formula is C26H36N7O8P. The van der Waals surface area contributed by atoms with Gasteiger partial charge >= 0.3 is 11.7 Å². The maximum absolute atomic E-state index is 13.3. The van der Waals surface area contributed by atoms with Gasteiger partial charge in [0.05, 0.1) is 0 Å². The van der Waals surface area contributed by atoms with E-state index in [0.717, 1.165) is 12.2 Å². The van der Waals surface area contributed by atoms with E-state index in [9.17, 15) is 33.6 Å². The number of nitrogens with zero attached hydrogens (tertiary/aromatic N) is 1. The highest BCUT2D eigenvalue weighted by Crippen LogP contribution is 2.14. The van der Waals surface area contributed by atoms with Gasteiger partial charge in [-0.3, -0.25) is 28.9 Å². The number of hydrogen-bond acceptors (Lipinski definition) is 9. The van der Waals surface area contributed by atoms with Gasteiger partial charge in [-0.2, -0.15) is 0 Å². The first kappa shape index (κ1) is 33.8. The fourth-order valence-corrected chi connectivity index (χ4v) is 4.03. The van der Waals surface area contributed by atoms with Gasteiger partial charge in [0.1, 0.15) is 24.7 Å². The summed E-state index contributed by atoms with van der Waals surface area (Å²) in [6.07, 6.45) is 2.43. The SMILES string of the molecule is CC(C)C(NC(=O)C(CN)N1C(=O)C=CC1=O)C(=O)NC(CCCNC(N)=O)C(=O)Nc1ccc(COC(=O)P)cc1. The molecule has 0 fully saturated rings. The number of amides is 7. The predicted molar refractivity (Wildman–Crippen MR) is 154 cm³/mol. The van der Waals surface area contributed by atoms with Crippen molar-refractivity contribution in [1.29, 1.82) is 0 Å². The summed E-state index contributed by atoms with van der Waals surface area (Å²) >= 11 is 0. The zero-order chi connectivity index (χ0) is 31.4. The first-order chi connectivity index (χ1) is 19.8. The summed E-state index contributed by atoms with van der Waals surface area (Å²) in [5.41, 5.74) is 11.4. The van der Waals surface area contributed by atoms with Crippen LogP contribution in [0.4, 0.5) is 15.3 Å². The van der Waals surface area contributed by atoms with Crippen LogP contribution >= 0.6 is 9.24 Å². The molecule has 4 atom stereocenters. The number of ether oxygens (including phenoxy) is 1. The molecule has 0 spiro atoms. The molecule has 0 aromatic heterocycles. The molecule has 7 amide bonds. The smallest absolute Gasteiger partial charge is 0.320 e. The van der Waals surface area contributed by atoms with Crippen molar-refractivity contribution in [2.45, 2.75) is 51.4 Å². The van der Waals surface area contributed by atoms with E-state index < -0.39 is 65.3 Å². The number of imide groups is 1. The topological polar surface area (TPSA) is 232 Å². The van der Waals surface area contributed by atoms with Crippen molar-refractivity contribution in [3.05, 3.63) is 42.0 Å². The van der Waals surface area contributed by atoms with E-state index in [1.807, 2.05) is 9.24 Å². The Labute approximate surface area is 244 Å². The summed E-state index contributed by atoms with van der Waals surface area (Å²) in [5, 5.41) is 10.3. The molecule has 4 unspecified atom stereocenters. The summed E-state index contributed by atoms with van der Waals surface area (Å²) in [7, 11) is 1.90. The lowest BCUT2D eigenvalue weighted by Crippen LogP contribution is -2.60. The third-order valence-corrected chi connectivity index (χ3v) is 6.30. The van der Waals surface area contributed by atoms with Gasteiger partial charge in [0.2, 0.25) is 17.7 Å². The standard InChI is InChI=1S/C26H36N7O8P/c1-14(2)21(32-23(37)18(12-27)33-19(34)9-10-20(33)35)24(38)31-17(4-3-11-29-25(28)39)22(36)30-16-7-5-15(6-8-16)13-41-26(40)42/h5-10,14,17-18,21H,3-4,11-13,27,42H2,1-2H3,(H,30,36)(H,31,38)(H,32,37)(H3,28,29,39). The Bertz CT molecular complexity index is 1200. The molecule has 0 aliphatic carbocycles. The molecule has 0 saturated carbocycles. The summed E-state index contributed by atoms with van der Waals surface area (Å²) in [6, 6.07) is 2.18. The van der Waals surface area contributed by atoms with Crippen molar-refractivity contribution in [1.82, 2.24) is 20.9 Å². The highest BCUT2D eigenvalue weighted by molar-refractivity contribution is 7.39. The van der Waals surface area contributed by atoms with Gasteiger partial charge in [-0.15, -0.1) is 0 Å². The lowest BCUT2D eigenvalue weighted by molar-refractivity contribution is -0.145. The minimum absolute atomic E-state index is 0.0476. The predicted octanol–water partition coefficient (Wildman–Crippen LogP) is -0.537. The van der Waals surface area contributed by atoms with Crippen molar-refractivity contribution in [2.24, 2.45) is 17.4 Å². The van der Waals surface area contributed by atoms with E-state index in [1.165, 1.54) is 0 Å². The van der Waals surface area contributed by atoms with E-state index in [-0.39, 0.29) is 32.5 Å². The fraction of sp³-hybridized carbons (Fsp3) is 0.423. The minimum atomic E-state index is -1.34. The van der Waals surface area contributed by atoms with Gasteiger partial charge in [-0.1, -0.05) is 26.0 Å². The monoisotopic (exact) mass is 605 g/mol. The Morgan fingerprint density at radius 1 is 0.952 bits per heavy atom. The molecule has 1 heterocycles. The number of benzene rings is 1. The second-order valence-corrected chi connectivity index (χ2v) is 10.1. The first-order valence-corrected chi connectivity index (χ1v) is 13.6. The van der Waals surface area contributed by atoms with Crippen LogP contribution in [0.25, 0.3) is 0 Å². The molecule has 228 valence electrons. The summed E-state index contributed by atoms with van der Waals surface area (Å²) < 4.78 is 4.91. The molecule has 0 radical (unpaired) electrons. The third-order valence-electron chi connectivity index (χ3n) is 6.13. The van der Waals surface area contributed by atoms with E-state index >= 15 is 0 Å². The van der Waals surface area contributed by atoms with Crippen LogP contribution in [0.15, 0.2) is 36.4 Å². The lowest BCUT2D eigenvalue weighted by Gasteiger charge is -2.29. The summed E-state index contributed by atoms with van der Waals surface area (Å²) in [6.45, 7) is 3.15. The van der Waals surface area contributed by atoms with Crippen LogP contribution in [0.3, 0.4) is 0 Å². The van der Waals surface area contributed by atoms with Crippen molar-refractivity contribution in [2.75, 3.05) is 18.4 Å². The number of hydrogen-bond donors (Lipinski definition) is 6. The molecule has 1 aliphatic heterocycles. The number of carbonyl (C=O) groups excluding carboxylic acids is 7. The number of anilines is 1.